The van der Waals surface area contributed by atoms with E-state index < -0.39 is 0 Å². The van der Waals surface area contributed by atoms with Crippen LogP contribution >= 0.6 is 11.6 Å². The second-order valence-corrected chi connectivity index (χ2v) is 8.56. The van der Waals surface area contributed by atoms with Crippen LogP contribution in [0.3, 0.4) is 0 Å². The van der Waals surface area contributed by atoms with Gasteiger partial charge in [-0.25, -0.2) is 14.4 Å². The molecule has 0 aliphatic heterocycles. The first-order valence-corrected chi connectivity index (χ1v) is 11.0. The highest BCUT2D eigenvalue weighted by Crippen LogP contribution is 2.31. The van der Waals surface area contributed by atoms with E-state index in [-0.39, 0.29) is 5.82 Å². The van der Waals surface area contributed by atoms with Crippen molar-refractivity contribution in [1.82, 2.24) is 9.97 Å². The molecule has 7 heteroatoms. The molecule has 2 heterocycles. The van der Waals surface area contributed by atoms with Gasteiger partial charge in [0.05, 0.1) is 10.7 Å². The van der Waals surface area contributed by atoms with Crippen LogP contribution in [-0.4, -0.2) is 22.1 Å². The lowest BCUT2D eigenvalue weighted by Crippen LogP contribution is -2.33. The quantitative estimate of drug-likeness (QED) is 0.470. The number of anilines is 2. The topological polar surface area (TPSA) is 75.9 Å². The Kier molecular flexibility index (Phi) is 6.68. The summed E-state index contributed by atoms with van der Waals surface area (Å²) in [6.07, 6.45) is 5.79. The molecule has 3 aromatic rings. The molecule has 1 aliphatic carbocycles. The largest absolute Gasteiger partial charge is 0.367 e. The highest BCUT2D eigenvalue weighted by Gasteiger charge is 2.19. The molecule has 4 rings (SSSR count). The van der Waals surface area contributed by atoms with Crippen molar-refractivity contribution in [2.45, 2.75) is 51.2 Å². The molecule has 0 amide bonds. The molecule has 1 saturated carbocycles. The lowest BCUT2D eigenvalue weighted by Gasteiger charge is -2.27. The Morgan fingerprint density at radius 3 is 2.71 bits per heavy atom. The molecule has 31 heavy (non-hydrogen) atoms. The van der Waals surface area contributed by atoms with Crippen molar-refractivity contribution in [1.29, 1.82) is 0 Å². The third-order valence-corrected chi connectivity index (χ3v) is 6.00. The molecule has 0 radical (unpaired) electrons. The Balaban J connectivity index is 1.52. The Bertz CT molecular complexity index is 1050. The third-order valence-electron chi connectivity index (χ3n) is 5.70. The summed E-state index contributed by atoms with van der Waals surface area (Å²) in [7, 11) is 0. The maximum atomic E-state index is 13.5. The number of aromatic nitrogens is 2. The van der Waals surface area contributed by atoms with E-state index in [1.807, 2.05) is 31.2 Å². The van der Waals surface area contributed by atoms with Crippen LogP contribution in [0.4, 0.5) is 16.0 Å². The minimum absolute atomic E-state index is 0.249. The fourth-order valence-electron chi connectivity index (χ4n) is 3.88. The number of nitrogens with one attached hydrogen (secondary N) is 2. The number of aryl methyl sites for hydroxylation is 1. The molecule has 1 aromatic carbocycles. The highest BCUT2D eigenvalue weighted by molar-refractivity contribution is 6.33. The molecule has 0 spiro atoms. The molecule has 1 fully saturated rings. The van der Waals surface area contributed by atoms with Crippen molar-refractivity contribution in [3.05, 3.63) is 70.6 Å². The molecule has 0 unspecified atom stereocenters. The lowest BCUT2D eigenvalue weighted by atomic mass is 9.92. The summed E-state index contributed by atoms with van der Waals surface area (Å²) in [6.45, 7) is 2.47. The van der Waals surface area contributed by atoms with E-state index >= 15 is 0 Å². The van der Waals surface area contributed by atoms with Gasteiger partial charge in [-0.15, -0.1) is 0 Å². The Hall–Kier alpha value is -2.70. The summed E-state index contributed by atoms with van der Waals surface area (Å²) >= 11 is 6.47. The average molecular weight is 440 g/mol. The van der Waals surface area contributed by atoms with E-state index in [1.54, 1.807) is 12.3 Å². The monoisotopic (exact) mass is 439 g/mol. The summed E-state index contributed by atoms with van der Waals surface area (Å²) < 4.78 is 13.5. The van der Waals surface area contributed by atoms with Gasteiger partial charge in [-0.1, -0.05) is 29.8 Å². The predicted octanol–water partition coefficient (Wildman–Crippen LogP) is 5.54. The predicted molar refractivity (Wildman–Crippen MR) is 125 cm³/mol. The molecular weight excluding hydrogens is 413 g/mol. The van der Waals surface area contributed by atoms with E-state index in [1.165, 1.54) is 12.1 Å². The first-order valence-electron chi connectivity index (χ1n) is 10.6. The van der Waals surface area contributed by atoms with Gasteiger partial charge in [0.1, 0.15) is 17.5 Å². The van der Waals surface area contributed by atoms with E-state index in [9.17, 15) is 4.39 Å². The number of hydrogen-bond acceptors (Lipinski definition) is 5. The molecule has 1 aliphatic rings. The maximum absolute atomic E-state index is 13.5. The van der Waals surface area contributed by atoms with Gasteiger partial charge in [0.2, 0.25) is 0 Å². The van der Waals surface area contributed by atoms with Gasteiger partial charge in [-0.05, 0) is 68.0 Å². The van der Waals surface area contributed by atoms with Crippen LogP contribution in [0.2, 0.25) is 5.02 Å². The van der Waals surface area contributed by atoms with Gasteiger partial charge in [-0.2, -0.15) is 0 Å². The minimum Gasteiger partial charge on any atom is -0.367 e. The van der Waals surface area contributed by atoms with E-state index in [4.69, 9.17) is 22.3 Å². The molecule has 0 saturated heterocycles. The number of rotatable bonds is 6. The van der Waals surface area contributed by atoms with Crippen LogP contribution in [0, 0.1) is 12.7 Å². The van der Waals surface area contributed by atoms with Crippen LogP contribution in [0.5, 0.6) is 0 Å². The fourth-order valence-corrected chi connectivity index (χ4v) is 4.08. The minimum atomic E-state index is -0.249. The Morgan fingerprint density at radius 1 is 1.13 bits per heavy atom. The lowest BCUT2D eigenvalue weighted by molar-refractivity contribution is 0.410. The zero-order valence-corrected chi connectivity index (χ0v) is 18.3. The van der Waals surface area contributed by atoms with E-state index in [0.29, 0.717) is 23.7 Å². The van der Waals surface area contributed by atoms with Gasteiger partial charge in [0.25, 0.3) is 0 Å². The van der Waals surface area contributed by atoms with Crippen LogP contribution in [0.15, 0.2) is 48.7 Å². The number of hydrogen-bond donors (Lipinski definition) is 3. The molecule has 4 N–H and O–H groups in total. The zero-order chi connectivity index (χ0) is 21.8. The molecule has 0 bridgehead atoms. The summed E-state index contributed by atoms with van der Waals surface area (Å²) in [5.41, 5.74) is 9.45. The second-order valence-electron chi connectivity index (χ2n) is 8.15. The number of nitrogens with zero attached hydrogens (tertiary/aromatic N) is 2. The number of benzene rings is 1. The van der Waals surface area contributed by atoms with Crippen molar-refractivity contribution in [3.8, 4) is 11.3 Å². The van der Waals surface area contributed by atoms with Gasteiger partial charge in [-0.3, -0.25) is 0 Å². The summed E-state index contributed by atoms with van der Waals surface area (Å²) in [5.74, 6) is 1.28. The molecule has 5 nitrogen and oxygen atoms in total. The smallest absolute Gasteiger partial charge is 0.129 e. The van der Waals surface area contributed by atoms with Crippen molar-refractivity contribution < 1.29 is 4.39 Å². The van der Waals surface area contributed by atoms with Gasteiger partial charge >= 0.3 is 0 Å². The van der Waals surface area contributed by atoms with E-state index in [0.717, 1.165) is 59.7 Å². The first-order chi connectivity index (χ1) is 15.0. The molecule has 0 atom stereocenters. The van der Waals surface area contributed by atoms with Gasteiger partial charge in [0, 0.05) is 30.4 Å². The number of halogens is 2. The third kappa shape index (κ3) is 5.51. The van der Waals surface area contributed by atoms with Crippen LogP contribution in [0.25, 0.3) is 11.3 Å². The summed E-state index contributed by atoms with van der Waals surface area (Å²) in [5, 5.41) is 7.36. The van der Waals surface area contributed by atoms with E-state index in [2.05, 4.69) is 15.6 Å². The number of nitrogens with two attached hydrogens (primary N) is 1. The summed E-state index contributed by atoms with van der Waals surface area (Å²) in [6, 6.07) is 13.1. The zero-order valence-electron chi connectivity index (χ0n) is 17.5. The molecule has 162 valence electrons. The molecular formula is C24H27ClFN5. The standard InChI is InChI=1S/C24H27ClFN5/c1-15-5-10-22(31-24(15)29-13-16-3-2-4-17(26)11-16)20-12-23(28-14-21(20)25)30-19-8-6-18(27)7-9-19/h2-5,10-12,14,18-19H,6-9,13,27H2,1H3,(H,28,30)(H,29,31). The highest BCUT2D eigenvalue weighted by atomic mass is 35.5. The van der Waals surface area contributed by atoms with Crippen molar-refractivity contribution in [2.24, 2.45) is 5.73 Å². The number of pyridine rings is 2. The summed E-state index contributed by atoms with van der Waals surface area (Å²) in [4.78, 5) is 9.23. The van der Waals surface area contributed by atoms with Crippen LogP contribution in [0.1, 0.15) is 36.8 Å². The SMILES string of the molecule is Cc1ccc(-c2cc(NC3CCC(N)CC3)ncc2Cl)nc1NCc1cccc(F)c1. The normalized spacial score (nSPS) is 18.6. The van der Waals surface area contributed by atoms with Crippen molar-refractivity contribution in [2.75, 3.05) is 10.6 Å². The van der Waals surface area contributed by atoms with Crippen LogP contribution < -0.4 is 16.4 Å². The van der Waals surface area contributed by atoms with Crippen LogP contribution in [-0.2, 0) is 6.54 Å². The maximum Gasteiger partial charge on any atom is 0.129 e. The fraction of sp³-hybridized carbons (Fsp3) is 0.333. The van der Waals surface area contributed by atoms with Gasteiger partial charge in [0.15, 0.2) is 0 Å². The average Bonchev–Trinajstić information content (AvgIpc) is 2.76. The Labute approximate surface area is 187 Å². The van der Waals surface area contributed by atoms with Crippen molar-refractivity contribution in [3.63, 3.8) is 0 Å². The Morgan fingerprint density at radius 2 is 1.94 bits per heavy atom. The first kappa shape index (κ1) is 21.5. The van der Waals surface area contributed by atoms with Gasteiger partial charge < -0.3 is 16.4 Å². The van der Waals surface area contributed by atoms with Crippen molar-refractivity contribution >= 4 is 23.2 Å². The molecule has 2 aromatic heterocycles. The second kappa shape index (κ2) is 9.62.